The standard InChI is InChI=1S/C15H23N/c1-5-7-8-14(6-2)15(13(3)4)9-11-16-12-10-15/h5-8,16H,1,3,9-12H2,2,4H3/b8-7-,14-6+. The molecule has 0 aromatic rings. The van der Waals surface area contributed by atoms with E-state index in [0.717, 1.165) is 25.9 Å². The second-order valence-electron chi connectivity index (χ2n) is 4.45. The maximum Gasteiger partial charge on any atom is 0.0177 e. The molecule has 0 saturated carbocycles. The third kappa shape index (κ3) is 2.53. The van der Waals surface area contributed by atoms with Crippen molar-refractivity contribution in [2.75, 3.05) is 13.1 Å². The molecule has 1 saturated heterocycles. The number of piperidine rings is 1. The molecule has 1 nitrogen and oxygen atoms in total. The first-order valence-electron chi connectivity index (χ1n) is 6.00. The lowest BCUT2D eigenvalue weighted by Crippen LogP contribution is -2.38. The summed E-state index contributed by atoms with van der Waals surface area (Å²) in [5, 5.41) is 3.42. The Bertz CT molecular complexity index is 314. The van der Waals surface area contributed by atoms with Gasteiger partial charge in [0.1, 0.15) is 0 Å². The summed E-state index contributed by atoms with van der Waals surface area (Å²) in [5.41, 5.74) is 2.82. The van der Waals surface area contributed by atoms with Gasteiger partial charge in [0, 0.05) is 5.41 Å². The summed E-state index contributed by atoms with van der Waals surface area (Å²) in [6, 6.07) is 0. The summed E-state index contributed by atoms with van der Waals surface area (Å²) in [6.45, 7) is 14.3. The van der Waals surface area contributed by atoms with Crippen LogP contribution >= 0.6 is 0 Å². The molecule has 1 N–H and O–H groups in total. The second kappa shape index (κ2) is 5.86. The SMILES string of the molecule is C=C/C=C\C(=C/C)C1(C(=C)C)CCNCC1. The minimum absolute atomic E-state index is 0.166. The number of hydrogen-bond acceptors (Lipinski definition) is 1. The van der Waals surface area contributed by atoms with Gasteiger partial charge in [0.2, 0.25) is 0 Å². The topological polar surface area (TPSA) is 12.0 Å². The fourth-order valence-electron chi connectivity index (χ4n) is 2.52. The molecular formula is C15H23N. The Morgan fingerprint density at radius 3 is 2.38 bits per heavy atom. The van der Waals surface area contributed by atoms with E-state index >= 15 is 0 Å². The van der Waals surface area contributed by atoms with Crippen LogP contribution in [-0.4, -0.2) is 13.1 Å². The Morgan fingerprint density at radius 2 is 1.94 bits per heavy atom. The summed E-state index contributed by atoms with van der Waals surface area (Å²) >= 11 is 0. The van der Waals surface area contributed by atoms with E-state index in [0.29, 0.717) is 0 Å². The third-order valence-corrected chi connectivity index (χ3v) is 3.55. The van der Waals surface area contributed by atoms with E-state index in [1.165, 1.54) is 11.1 Å². The van der Waals surface area contributed by atoms with E-state index in [1.807, 2.05) is 12.2 Å². The highest BCUT2D eigenvalue weighted by molar-refractivity contribution is 5.36. The lowest BCUT2D eigenvalue weighted by molar-refractivity contribution is 0.311. The average Bonchev–Trinajstić information content (AvgIpc) is 2.31. The van der Waals surface area contributed by atoms with Crippen LogP contribution in [-0.2, 0) is 0 Å². The molecule has 1 fully saturated rings. The summed E-state index contributed by atoms with van der Waals surface area (Å²) in [6.07, 6.45) is 10.5. The molecule has 16 heavy (non-hydrogen) atoms. The maximum absolute atomic E-state index is 4.20. The molecule has 1 heterocycles. The van der Waals surface area contributed by atoms with Crippen LogP contribution in [0.3, 0.4) is 0 Å². The van der Waals surface area contributed by atoms with Crippen molar-refractivity contribution in [2.24, 2.45) is 5.41 Å². The van der Waals surface area contributed by atoms with E-state index < -0.39 is 0 Å². The number of nitrogens with one attached hydrogen (secondary N) is 1. The highest BCUT2D eigenvalue weighted by Crippen LogP contribution is 2.43. The van der Waals surface area contributed by atoms with Crippen molar-refractivity contribution in [2.45, 2.75) is 26.7 Å². The molecule has 0 unspecified atom stereocenters. The predicted molar refractivity (Wildman–Crippen MR) is 72.4 cm³/mol. The van der Waals surface area contributed by atoms with Gasteiger partial charge in [-0.3, -0.25) is 0 Å². The minimum atomic E-state index is 0.166. The smallest absolute Gasteiger partial charge is 0.0177 e. The Labute approximate surface area is 99.6 Å². The molecule has 0 spiro atoms. The summed E-state index contributed by atoms with van der Waals surface area (Å²) < 4.78 is 0. The summed E-state index contributed by atoms with van der Waals surface area (Å²) in [4.78, 5) is 0. The molecule has 0 aliphatic carbocycles. The fraction of sp³-hybridized carbons (Fsp3) is 0.467. The van der Waals surface area contributed by atoms with Crippen molar-refractivity contribution in [3.8, 4) is 0 Å². The van der Waals surface area contributed by atoms with Crippen LogP contribution in [0.5, 0.6) is 0 Å². The van der Waals surface area contributed by atoms with Crippen LogP contribution in [0, 0.1) is 5.41 Å². The molecule has 0 radical (unpaired) electrons. The monoisotopic (exact) mass is 217 g/mol. The van der Waals surface area contributed by atoms with Gasteiger partial charge >= 0.3 is 0 Å². The normalized spacial score (nSPS) is 21.0. The van der Waals surface area contributed by atoms with Gasteiger partial charge in [-0.1, -0.05) is 43.0 Å². The largest absolute Gasteiger partial charge is 0.317 e. The highest BCUT2D eigenvalue weighted by atomic mass is 14.9. The van der Waals surface area contributed by atoms with E-state index in [1.54, 1.807) is 0 Å². The summed E-state index contributed by atoms with van der Waals surface area (Å²) in [5.74, 6) is 0. The molecular weight excluding hydrogens is 194 g/mol. The van der Waals surface area contributed by atoms with Gasteiger partial charge in [-0.15, -0.1) is 0 Å². The van der Waals surface area contributed by atoms with Crippen LogP contribution in [0.25, 0.3) is 0 Å². The predicted octanol–water partition coefficient (Wildman–Crippen LogP) is 3.62. The Kier molecular flexibility index (Phi) is 4.75. The van der Waals surface area contributed by atoms with Crippen molar-refractivity contribution >= 4 is 0 Å². The average molecular weight is 217 g/mol. The minimum Gasteiger partial charge on any atom is -0.317 e. The molecule has 0 atom stereocenters. The second-order valence-corrected chi connectivity index (χ2v) is 4.45. The first-order valence-corrected chi connectivity index (χ1v) is 6.00. The van der Waals surface area contributed by atoms with Crippen molar-refractivity contribution in [1.29, 1.82) is 0 Å². The highest BCUT2D eigenvalue weighted by Gasteiger charge is 2.34. The molecule has 0 bridgehead atoms. The molecule has 0 amide bonds. The molecule has 1 heteroatoms. The number of rotatable bonds is 4. The molecule has 1 aliphatic heterocycles. The molecule has 88 valence electrons. The van der Waals surface area contributed by atoms with Crippen LogP contribution in [0.2, 0.25) is 0 Å². The fourth-order valence-corrected chi connectivity index (χ4v) is 2.52. The van der Waals surface area contributed by atoms with E-state index in [9.17, 15) is 0 Å². The van der Waals surface area contributed by atoms with Crippen LogP contribution in [0.15, 0.2) is 48.6 Å². The van der Waals surface area contributed by atoms with Crippen molar-refractivity contribution in [1.82, 2.24) is 5.32 Å². The molecule has 1 rings (SSSR count). The van der Waals surface area contributed by atoms with Crippen molar-refractivity contribution in [3.05, 3.63) is 48.6 Å². The Hall–Kier alpha value is -1.08. The Morgan fingerprint density at radius 1 is 1.31 bits per heavy atom. The van der Waals surface area contributed by atoms with E-state index in [-0.39, 0.29) is 5.41 Å². The maximum atomic E-state index is 4.20. The lowest BCUT2D eigenvalue weighted by Gasteiger charge is -2.39. The van der Waals surface area contributed by atoms with E-state index in [4.69, 9.17) is 0 Å². The van der Waals surface area contributed by atoms with Gasteiger partial charge in [-0.2, -0.15) is 0 Å². The lowest BCUT2D eigenvalue weighted by atomic mass is 9.68. The third-order valence-electron chi connectivity index (χ3n) is 3.55. The van der Waals surface area contributed by atoms with Crippen LogP contribution < -0.4 is 5.32 Å². The molecule has 1 aliphatic rings. The van der Waals surface area contributed by atoms with Gasteiger partial charge in [-0.25, -0.2) is 0 Å². The molecule has 0 aromatic heterocycles. The van der Waals surface area contributed by atoms with Gasteiger partial charge < -0.3 is 5.32 Å². The Balaban J connectivity index is 3.03. The van der Waals surface area contributed by atoms with Gasteiger partial charge in [-0.05, 0) is 45.4 Å². The van der Waals surface area contributed by atoms with Crippen molar-refractivity contribution < 1.29 is 0 Å². The first kappa shape index (κ1) is 13.0. The zero-order valence-electron chi connectivity index (χ0n) is 10.6. The zero-order valence-corrected chi connectivity index (χ0v) is 10.6. The van der Waals surface area contributed by atoms with Crippen molar-refractivity contribution in [3.63, 3.8) is 0 Å². The quantitative estimate of drug-likeness (QED) is 0.560. The first-order chi connectivity index (χ1) is 7.67. The number of allylic oxidation sites excluding steroid dienone is 6. The number of hydrogen-bond donors (Lipinski definition) is 1. The van der Waals surface area contributed by atoms with E-state index in [2.05, 4.69) is 44.5 Å². The summed E-state index contributed by atoms with van der Waals surface area (Å²) in [7, 11) is 0. The van der Waals surface area contributed by atoms with Crippen LogP contribution in [0.4, 0.5) is 0 Å². The van der Waals surface area contributed by atoms with Crippen LogP contribution in [0.1, 0.15) is 26.7 Å². The zero-order chi connectivity index (χ0) is 12.0. The molecule has 0 aromatic carbocycles. The van der Waals surface area contributed by atoms with Gasteiger partial charge in [0.25, 0.3) is 0 Å². The van der Waals surface area contributed by atoms with Gasteiger partial charge in [0.05, 0.1) is 0 Å². The van der Waals surface area contributed by atoms with Gasteiger partial charge in [0.15, 0.2) is 0 Å².